The Balaban J connectivity index is 1.91. The van der Waals surface area contributed by atoms with Gasteiger partial charge in [0.2, 0.25) is 0 Å². The van der Waals surface area contributed by atoms with E-state index < -0.39 is 17.5 Å². The van der Waals surface area contributed by atoms with Gasteiger partial charge in [0.05, 0.1) is 24.5 Å². The molecule has 1 aromatic carbocycles. The number of morpholine rings is 1. The number of hydrogen-bond acceptors (Lipinski definition) is 7. The van der Waals surface area contributed by atoms with Gasteiger partial charge in [0.1, 0.15) is 11.5 Å². The van der Waals surface area contributed by atoms with Crippen LogP contribution < -0.4 is 5.63 Å². The third-order valence-corrected chi connectivity index (χ3v) is 5.03. The number of carbonyl (C=O) groups excluding carboxylic acids is 1. The topological polar surface area (TPSA) is 90.5 Å². The largest absolute Gasteiger partial charge is 0.378 e. The van der Waals surface area contributed by atoms with Crippen molar-refractivity contribution >= 4 is 17.8 Å². The number of aromatic nitrogens is 3. The summed E-state index contributed by atoms with van der Waals surface area (Å²) < 4.78 is 25.0. The fourth-order valence-corrected chi connectivity index (χ4v) is 3.42. The van der Waals surface area contributed by atoms with Gasteiger partial charge in [-0.15, -0.1) is 4.74 Å². The molecule has 1 aliphatic rings. The molecular formula is C19H17FN4O4S. The average Bonchev–Trinajstić information content (AvgIpc) is 3.11. The van der Waals surface area contributed by atoms with Gasteiger partial charge in [-0.2, -0.15) is 0 Å². The molecule has 2 aromatic heterocycles. The minimum atomic E-state index is -0.711. The first-order valence-corrected chi connectivity index (χ1v) is 10.1. The van der Waals surface area contributed by atoms with Crippen molar-refractivity contribution in [3.05, 3.63) is 52.8 Å². The van der Waals surface area contributed by atoms with E-state index in [1.54, 1.807) is 17.2 Å². The molecule has 1 aliphatic heterocycles. The van der Waals surface area contributed by atoms with Crippen LogP contribution in [0.2, 0.25) is 0 Å². The van der Waals surface area contributed by atoms with Crippen molar-refractivity contribution in [1.29, 1.82) is 0 Å². The molecule has 3 heterocycles. The highest BCUT2D eigenvalue weighted by Gasteiger charge is 2.29. The van der Waals surface area contributed by atoms with Gasteiger partial charge in [0.15, 0.2) is 5.16 Å². The second kappa shape index (κ2) is 8.18. The van der Waals surface area contributed by atoms with Crippen LogP contribution in [0.3, 0.4) is 0 Å². The zero-order chi connectivity index (χ0) is 20.4. The van der Waals surface area contributed by atoms with Crippen LogP contribution in [0.5, 0.6) is 0 Å². The summed E-state index contributed by atoms with van der Waals surface area (Å²) in [5.74, 6) is -0.435. The van der Waals surface area contributed by atoms with Crippen LogP contribution in [0.4, 0.5) is 9.18 Å². The highest BCUT2D eigenvalue weighted by atomic mass is 32.2. The molecule has 0 radical (unpaired) electrons. The number of halogens is 1. The highest BCUT2D eigenvalue weighted by Crippen LogP contribution is 2.30. The van der Waals surface area contributed by atoms with Crippen LogP contribution in [0.25, 0.3) is 22.5 Å². The van der Waals surface area contributed by atoms with Gasteiger partial charge in [0.25, 0.3) is 0 Å². The summed E-state index contributed by atoms with van der Waals surface area (Å²) in [6.45, 7) is 1.57. The summed E-state index contributed by atoms with van der Waals surface area (Å²) in [7, 11) is 0. The van der Waals surface area contributed by atoms with E-state index in [1.165, 1.54) is 36.0 Å². The molecule has 0 bridgehead atoms. The summed E-state index contributed by atoms with van der Waals surface area (Å²) in [6.07, 6.45) is 3.37. The van der Waals surface area contributed by atoms with Crippen molar-refractivity contribution in [2.45, 2.75) is 5.16 Å². The number of benzene rings is 1. The highest BCUT2D eigenvalue weighted by molar-refractivity contribution is 7.98. The van der Waals surface area contributed by atoms with Crippen molar-refractivity contribution in [3.63, 3.8) is 0 Å². The lowest BCUT2D eigenvalue weighted by molar-refractivity contribution is 0.0484. The van der Waals surface area contributed by atoms with E-state index in [9.17, 15) is 14.0 Å². The summed E-state index contributed by atoms with van der Waals surface area (Å²) in [6, 6.07) is 6.52. The van der Waals surface area contributed by atoms with E-state index in [-0.39, 0.29) is 11.3 Å². The third kappa shape index (κ3) is 3.81. The Morgan fingerprint density at radius 1 is 1.17 bits per heavy atom. The first-order valence-electron chi connectivity index (χ1n) is 8.85. The molecule has 1 amide bonds. The summed E-state index contributed by atoms with van der Waals surface area (Å²) in [5.41, 5.74) is 0.412. The van der Waals surface area contributed by atoms with Gasteiger partial charge in [-0.3, -0.25) is 0 Å². The van der Waals surface area contributed by atoms with Crippen molar-refractivity contribution in [2.24, 2.45) is 0 Å². The Bertz CT molecular complexity index is 1090. The Labute approximate surface area is 169 Å². The van der Waals surface area contributed by atoms with Crippen molar-refractivity contribution in [2.75, 3.05) is 32.6 Å². The zero-order valence-corrected chi connectivity index (χ0v) is 16.3. The van der Waals surface area contributed by atoms with Gasteiger partial charge in [-0.05, 0) is 30.0 Å². The predicted molar refractivity (Wildman–Crippen MR) is 104 cm³/mol. The average molecular weight is 416 g/mol. The summed E-state index contributed by atoms with van der Waals surface area (Å²) >= 11 is 1.33. The van der Waals surface area contributed by atoms with Crippen molar-refractivity contribution < 1.29 is 18.4 Å². The summed E-state index contributed by atoms with van der Waals surface area (Å²) in [5, 5.41) is 0.478. The molecule has 1 saturated heterocycles. The lowest BCUT2D eigenvalue weighted by Crippen LogP contribution is -2.43. The Morgan fingerprint density at radius 3 is 2.59 bits per heavy atom. The van der Waals surface area contributed by atoms with Gasteiger partial charge in [0, 0.05) is 19.3 Å². The first kappa shape index (κ1) is 19.3. The van der Waals surface area contributed by atoms with Gasteiger partial charge >= 0.3 is 11.7 Å². The molecule has 29 heavy (non-hydrogen) atoms. The lowest BCUT2D eigenvalue weighted by Gasteiger charge is -2.26. The molecule has 0 saturated carbocycles. The van der Waals surface area contributed by atoms with Crippen LogP contribution in [-0.4, -0.2) is 58.2 Å². The van der Waals surface area contributed by atoms with Crippen LogP contribution in [0, 0.1) is 5.82 Å². The maximum Gasteiger partial charge on any atom is 0.366 e. The van der Waals surface area contributed by atoms with E-state index in [1.807, 2.05) is 6.26 Å². The lowest BCUT2D eigenvalue weighted by atomic mass is 10.0. The van der Waals surface area contributed by atoms with Crippen molar-refractivity contribution in [1.82, 2.24) is 19.6 Å². The van der Waals surface area contributed by atoms with Gasteiger partial charge in [-0.1, -0.05) is 23.9 Å². The SMILES string of the molecule is CSc1nccc(-c2c(-c3ccc(F)cc3)c(=O)on2C(=O)N2CCOCC2)n1. The molecular weight excluding hydrogens is 399 g/mol. The molecule has 0 unspecified atom stereocenters. The van der Waals surface area contributed by atoms with E-state index >= 15 is 0 Å². The molecule has 150 valence electrons. The van der Waals surface area contributed by atoms with Crippen LogP contribution >= 0.6 is 11.8 Å². The molecule has 1 fully saturated rings. The van der Waals surface area contributed by atoms with E-state index in [2.05, 4.69) is 9.97 Å². The van der Waals surface area contributed by atoms with Gasteiger partial charge < -0.3 is 14.2 Å². The molecule has 0 atom stereocenters. The number of rotatable bonds is 3. The van der Waals surface area contributed by atoms with Crippen LogP contribution in [0.15, 0.2) is 51.0 Å². The number of carbonyl (C=O) groups is 1. The maximum atomic E-state index is 13.4. The van der Waals surface area contributed by atoms with Crippen LogP contribution in [-0.2, 0) is 4.74 Å². The minimum absolute atomic E-state index is 0.136. The molecule has 10 heteroatoms. The zero-order valence-electron chi connectivity index (χ0n) is 15.5. The number of nitrogens with zero attached hydrogens (tertiary/aromatic N) is 4. The molecule has 0 spiro atoms. The Hall–Kier alpha value is -2.98. The van der Waals surface area contributed by atoms with E-state index in [0.29, 0.717) is 42.7 Å². The molecule has 4 rings (SSSR count). The Morgan fingerprint density at radius 2 is 1.90 bits per heavy atom. The number of amides is 1. The Kier molecular flexibility index (Phi) is 5.45. The molecule has 0 aliphatic carbocycles. The smallest absolute Gasteiger partial charge is 0.366 e. The standard InChI is InChI=1S/C19H17FN4O4S/c1-29-18-21-7-6-14(22-18)16-15(12-2-4-13(20)5-3-12)17(25)28-24(16)19(26)23-8-10-27-11-9-23/h2-7H,8-11H2,1H3. The molecule has 3 aromatic rings. The fourth-order valence-electron chi connectivity index (χ4n) is 3.06. The third-order valence-electron chi connectivity index (χ3n) is 4.47. The first-order chi connectivity index (χ1) is 14.1. The number of ether oxygens (including phenoxy) is 1. The monoisotopic (exact) mass is 416 g/mol. The van der Waals surface area contributed by atoms with Crippen LogP contribution in [0.1, 0.15) is 0 Å². The second-order valence-corrected chi connectivity index (χ2v) is 6.99. The molecule has 8 nitrogen and oxygen atoms in total. The van der Waals surface area contributed by atoms with E-state index in [4.69, 9.17) is 9.26 Å². The summed E-state index contributed by atoms with van der Waals surface area (Å²) in [4.78, 5) is 35.9. The predicted octanol–water partition coefficient (Wildman–Crippen LogP) is 2.73. The minimum Gasteiger partial charge on any atom is -0.378 e. The van der Waals surface area contributed by atoms with Gasteiger partial charge in [-0.25, -0.2) is 23.9 Å². The second-order valence-electron chi connectivity index (χ2n) is 6.21. The van der Waals surface area contributed by atoms with E-state index in [0.717, 1.165) is 4.74 Å². The molecule has 0 N–H and O–H groups in total. The fraction of sp³-hybridized carbons (Fsp3) is 0.263. The maximum absolute atomic E-state index is 13.4. The quantitative estimate of drug-likeness (QED) is 0.479. The van der Waals surface area contributed by atoms with Crippen molar-refractivity contribution in [3.8, 4) is 22.5 Å². The number of thioether (sulfide) groups is 1. The number of hydrogen-bond donors (Lipinski definition) is 0. The normalized spacial score (nSPS) is 14.2.